The molecule has 1 aliphatic carbocycles. The lowest BCUT2D eigenvalue weighted by atomic mass is 9.99. The zero-order chi connectivity index (χ0) is 23.4. The molecule has 4 nitrogen and oxygen atoms in total. The lowest BCUT2D eigenvalue weighted by molar-refractivity contribution is -0.138. The number of thioether (sulfide) groups is 1. The number of rotatable bonds is 8. The highest BCUT2D eigenvalue weighted by Gasteiger charge is 2.49. The Morgan fingerprint density at radius 3 is 2.61 bits per heavy atom. The molecule has 0 bridgehead atoms. The Bertz CT molecular complexity index is 1050. The lowest BCUT2D eigenvalue weighted by Crippen LogP contribution is -2.43. The summed E-state index contributed by atoms with van der Waals surface area (Å²) < 4.78 is 28.6. The summed E-state index contributed by atoms with van der Waals surface area (Å²) in [6.07, 6.45) is 7.86. The molecule has 0 fully saturated rings. The lowest BCUT2D eigenvalue weighted by Gasteiger charge is -2.37. The maximum atomic E-state index is 14.7. The summed E-state index contributed by atoms with van der Waals surface area (Å²) in [6, 6.07) is 13.5. The third-order valence-electron chi connectivity index (χ3n) is 6.02. The molecule has 2 aliphatic rings. The standard InChI is InChI=1S/C26H29F2N3OS/c1-18(2)25(32)31-26(19-9-4-3-5-10-19,15-8-16-29-21-11-6-7-12-21)33-24(30-31)22-17-20(27)13-14-23(22)28/h3-7,9-10,13-14,17-18,21,29H,8,11-12,15-16H2,1-2H3. The van der Waals surface area contributed by atoms with E-state index in [9.17, 15) is 13.6 Å². The van der Waals surface area contributed by atoms with Crippen LogP contribution in [0.3, 0.4) is 0 Å². The van der Waals surface area contributed by atoms with Crippen LogP contribution < -0.4 is 5.32 Å². The average molecular weight is 470 g/mol. The largest absolute Gasteiger partial charge is 0.313 e. The zero-order valence-corrected chi connectivity index (χ0v) is 19.7. The van der Waals surface area contributed by atoms with Crippen molar-refractivity contribution < 1.29 is 13.6 Å². The van der Waals surface area contributed by atoms with Gasteiger partial charge in [0.25, 0.3) is 0 Å². The topological polar surface area (TPSA) is 44.7 Å². The molecule has 0 radical (unpaired) electrons. The van der Waals surface area contributed by atoms with Gasteiger partial charge >= 0.3 is 0 Å². The first-order chi connectivity index (χ1) is 15.9. The molecule has 2 aromatic carbocycles. The Hall–Kier alpha value is -2.51. The van der Waals surface area contributed by atoms with Crippen molar-refractivity contribution in [3.05, 3.63) is 83.4 Å². The smallest absolute Gasteiger partial charge is 0.246 e. The van der Waals surface area contributed by atoms with E-state index in [1.807, 2.05) is 44.2 Å². The molecule has 1 aliphatic heterocycles. The molecule has 0 saturated heterocycles. The minimum absolute atomic E-state index is 0.0783. The van der Waals surface area contributed by atoms with Gasteiger partial charge in [-0.15, -0.1) is 0 Å². The molecular weight excluding hydrogens is 440 g/mol. The Kier molecular flexibility index (Phi) is 7.29. The van der Waals surface area contributed by atoms with Crippen LogP contribution in [-0.2, 0) is 9.67 Å². The van der Waals surface area contributed by atoms with E-state index in [2.05, 4.69) is 22.6 Å². The average Bonchev–Trinajstić information content (AvgIpc) is 3.47. The molecule has 1 unspecified atom stereocenters. The van der Waals surface area contributed by atoms with Gasteiger partial charge in [-0.1, -0.05) is 68.1 Å². The summed E-state index contributed by atoms with van der Waals surface area (Å²) in [5, 5.41) is 10.00. The number of nitrogens with zero attached hydrogens (tertiary/aromatic N) is 2. The van der Waals surface area contributed by atoms with E-state index >= 15 is 0 Å². The number of nitrogens with one attached hydrogen (secondary N) is 1. The van der Waals surface area contributed by atoms with Crippen LogP contribution in [0.2, 0.25) is 0 Å². The van der Waals surface area contributed by atoms with Crippen LogP contribution in [0.15, 0.2) is 65.8 Å². The number of hydrogen-bond donors (Lipinski definition) is 1. The third kappa shape index (κ3) is 5.04. The van der Waals surface area contributed by atoms with E-state index in [1.54, 1.807) is 0 Å². The van der Waals surface area contributed by atoms with Crippen LogP contribution in [0.4, 0.5) is 8.78 Å². The Morgan fingerprint density at radius 2 is 1.91 bits per heavy atom. The molecule has 1 atom stereocenters. The minimum Gasteiger partial charge on any atom is -0.313 e. The highest BCUT2D eigenvalue weighted by atomic mass is 32.2. The Morgan fingerprint density at radius 1 is 1.18 bits per heavy atom. The van der Waals surface area contributed by atoms with Gasteiger partial charge < -0.3 is 5.32 Å². The van der Waals surface area contributed by atoms with Crippen molar-refractivity contribution in [2.75, 3.05) is 6.54 Å². The third-order valence-corrected chi connectivity index (χ3v) is 7.46. The SMILES string of the molecule is CC(C)C(=O)N1N=C(c2cc(F)ccc2F)SC1(CCCNC1CC=CC1)c1ccccc1. The van der Waals surface area contributed by atoms with Crippen molar-refractivity contribution in [2.24, 2.45) is 11.0 Å². The second-order valence-electron chi connectivity index (χ2n) is 8.78. The molecule has 33 heavy (non-hydrogen) atoms. The Balaban J connectivity index is 1.68. The van der Waals surface area contributed by atoms with Gasteiger partial charge in [0, 0.05) is 17.5 Å². The van der Waals surface area contributed by atoms with E-state index in [0.29, 0.717) is 17.5 Å². The van der Waals surface area contributed by atoms with Crippen LogP contribution >= 0.6 is 11.8 Å². The quantitative estimate of drug-likeness (QED) is 0.393. The van der Waals surface area contributed by atoms with Gasteiger partial charge in [-0.2, -0.15) is 5.10 Å². The molecule has 1 heterocycles. The number of hydrazone groups is 1. The fourth-order valence-electron chi connectivity index (χ4n) is 4.24. The molecule has 0 saturated carbocycles. The van der Waals surface area contributed by atoms with Crippen molar-refractivity contribution in [3.8, 4) is 0 Å². The molecular formula is C26H29F2N3OS. The normalized spacial score (nSPS) is 20.6. The van der Waals surface area contributed by atoms with E-state index in [0.717, 1.165) is 49.6 Å². The van der Waals surface area contributed by atoms with Crippen LogP contribution in [0, 0.1) is 17.6 Å². The molecule has 1 amide bonds. The number of hydrogen-bond acceptors (Lipinski definition) is 4. The summed E-state index contributed by atoms with van der Waals surface area (Å²) in [5.74, 6) is -1.54. The number of amides is 1. The minimum atomic E-state index is -0.827. The first-order valence-electron chi connectivity index (χ1n) is 11.4. The van der Waals surface area contributed by atoms with E-state index < -0.39 is 16.5 Å². The summed E-state index contributed by atoms with van der Waals surface area (Å²) in [7, 11) is 0. The summed E-state index contributed by atoms with van der Waals surface area (Å²) in [4.78, 5) is 12.5. The molecule has 7 heteroatoms. The maximum absolute atomic E-state index is 14.7. The number of halogens is 2. The number of carbonyl (C=O) groups is 1. The van der Waals surface area contributed by atoms with Crippen molar-refractivity contribution >= 4 is 22.7 Å². The van der Waals surface area contributed by atoms with Gasteiger partial charge in [0.15, 0.2) is 0 Å². The van der Waals surface area contributed by atoms with Crippen molar-refractivity contribution in [1.29, 1.82) is 0 Å². The van der Waals surface area contributed by atoms with Gasteiger partial charge in [-0.3, -0.25) is 4.79 Å². The maximum Gasteiger partial charge on any atom is 0.246 e. The van der Waals surface area contributed by atoms with E-state index in [4.69, 9.17) is 0 Å². The predicted molar refractivity (Wildman–Crippen MR) is 130 cm³/mol. The van der Waals surface area contributed by atoms with Gasteiger partial charge in [-0.25, -0.2) is 13.8 Å². The predicted octanol–water partition coefficient (Wildman–Crippen LogP) is 5.80. The summed E-state index contributed by atoms with van der Waals surface area (Å²) in [6.45, 7) is 4.45. The van der Waals surface area contributed by atoms with Crippen LogP contribution in [0.5, 0.6) is 0 Å². The Labute approximate surface area is 198 Å². The highest BCUT2D eigenvalue weighted by molar-refractivity contribution is 8.15. The first kappa shape index (κ1) is 23.6. The van der Waals surface area contributed by atoms with Crippen LogP contribution in [-0.4, -0.2) is 28.5 Å². The molecule has 0 aromatic heterocycles. The molecule has 4 rings (SSSR count). The van der Waals surface area contributed by atoms with E-state index in [-0.39, 0.29) is 17.4 Å². The number of carbonyl (C=O) groups excluding carboxylic acids is 1. The molecule has 2 aromatic rings. The highest BCUT2D eigenvalue weighted by Crippen LogP contribution is 2.51. The first-order valence-corrected chi connectivity index (χ1v) is 12.2. The van der Waals surface area contributed by atoms with Crippen LogP contribution in [0.25, 0.3) is 0 Å². The molecule has 1 N–H and O–H groups in total. The summed E-state index contributed by atoms with van der Waals surface area (Å²) in [5.41, 5.74) is 0.997. The fourth-order valence-corrected chi connectivity index (χ4v) is 5.66. The monoisotopic (exact) mass is 469 g/mol. The zero-order valence-electron chi connectivity index (χ0n) is 18.9. The van der Waals surface area contributed by atoms with Crippen molar-refractivity contribution in [3.63, 3.8) is 0 Å². The second kappa shape index (κ2) is 10.2. The fraction of sp³-hybridized carbons (Fsp3) is 0.385. The van der Waals surface area contributed by atoms with Crippen molar-refractivity contribution in [1.82, 2.24) is 10.3 Å². The van der Waals surface area contributed by atoms with Gasteiger partial charge in [0.2, 0.25) is 5.91 Å². The van der Waals surface area contributed by atoms with Gasteiger partial charge in [0.1, 0.15) is 21.5 Å². The van der Waals surface area contributed by atoms with Gasteiger partial charge in [0.05, 0.1) is 0 Å². The molecule has 174 valence electrons. The molecule has 0 spiro atoms. The summed E-state index contributed by atoms with van der Waals surface area (Å²) >= 11 is 1.33. The van der Waals surface area contributed by atoms with Crippen LogP contribution in [0.1, 0.15) is 50.7 Å². The number of benzene rings is 2. The van der Waals surface area contributed by atoms with Gasteiger partial charge in [-0.05, 0) is 56.0 Å². The second-order valence-corrected chi connectivity index (χ2v) is 10.1. The van der Waals surface area contributed by atoms with E-state index in [1.165, 1.54) is 16.8 Å². The van der Waals surface area contributed by atoms with Crippen molar-refractivity contribution in [2.45, 2.75) is 50.4 Å².